The molecular formula is C27H42N4. The first-order valence-electron chi connectivity index (χ1n) is 12.4. The molecule has 0 fully saturated rings. The molecule has 0 saturated heterocycles. The Hall–Kier alpha value is -1.91. The van der Waals surface area contributed by atoms with Crippen molar-refractivity contribution in [3.8, 4) is 0 Å². The monoisotopic (exact) mass is 422 g/mol. The van der Waals surface area contributed by atoms with Crippen LogP contribution < -0.4 is 4.90 Å². The van der Waals surface area contributed by atoms with Crippen molar-refractivity contribution >= 4 is 22.3 Å². The number of hydrogen-bond donors (Lipinski definition) is 0. The van der Waals surface area contributed by atoms with Crippen LogP contribution in [0, 0.1) is 0 Å². The van der Waals surface area contributed by atoms with Crippen molar-refractivity contribution in [3.63, 3.8) is 0 Å². The molecule has 1 heterocycles. The highest BCUT2D eigenvalue weighted by Gasteiger charge is 2.27. The highest BCUT2D eigenvalue weighted by Crippen LogP contribution is 2.37. The van der Waals surface area contributed by atoms with Crippen molar-refractivity contribution in [2.24, 2.45) is 4.99 Å². The minimum Gasteiger partial charge on any atom is -0.326 e. The van der Waals surface area contributed by atoms with E-state index in [4.69, 9.17) is 4.99 Å². The standard InChI is InChI=1S/C27H42N4/c1-5-7-19-30(20-8-6-2)21-11-17-28-27-24-15-9-13-23-14-10-16-25(26(23)24)31(27)22-12-18-29(3)4/h9-10,13-16H,5-8,11-12,17-22H2,1-4H3. The van der Waals surface area contributed by atoms with Gasteiger partial charge in [-0.1, -0.05) is 57.0 Å². The van der Waals surface area contributed by atoms with Crippen LogP contribution in [0.2, 0.25) is 0 Å². The molecule has 0 aliphatic carbocycles. The van der Waals surface area contributed by atoms with Crippen LogP contribution in [0.1, 0.15) is 57.9 Å². The summed E-state index contributed by atoms with van der Waals surface area (Å²) in [6.07, 6.45) is 7.42. The third-order valence-corrected chi connectivity index (χ3v) is 6.21. The van der Waals surface area contributed by atoms with Gasteiger partial charge in [0.05, 0.1) is 5.69 Å². The van der Waals surface area contributed by atoms with E-state index in [0.29, 0.717) is 0 Å². The Bertz CT molecular complexity index is 829. The minimum atomic E-state index is 0.901. The SMILES string of the molecule is CCCCN(CCCC)CCCN=C1c2cccc3cccc(c23)N1CCCN(C)C. The summed E-state index contributed by atoms with van der Waals surface area (Å²) in [5.41, 5.74) is 2.64. The lowest BCUT2D eigenvalue weighted by Gasteiger charge is -2.23. The second kappa shape index (κ2) is 12.2. The first-order valence-corrected chi connectivity index (χ1v) is 12.4. The van der Waals surface area contributed by atoms with E-state index in [1.807, 2.05) is 0 Å². The van der Waals surface area contributed by atoms with E-state index in [0.717, 1.165) is 39.0 Å². The van der Waals surface area contributed by atoms with Gasteiger partial charge < -0.3 is 14.7 Å². The van der Waals surface area contributed by atoms with Crippen LogP contribution in [0.15, 0.2) is 41.4 Å². The van der Waals surface area contributed by atoms with Gasteiger partial charge in [0.25, 0.3) is 0 Å². The van der Waals surface area contributed by atoms with Crippen LogP contribution in [0.4, 0.5) is 5.69 Å². The summed E-state index contributed by atoms with van der Waals surface area (Å²) in [5.74, 6) is 1.18. The number of amidine groups is 1. The van der Waals surface area contributed by atoms with Crippen LogP contribution in [0.25, 0.3) is 10.8 Å². The van der Waals surface area contributed by atoms with Gasteiger partial charge in [-0.05, 0) is 77.4 Å². The molecule has 2 aromatic rings. The van der Waals surface area contributed by atoms with E-state index in [2.05, 4.69) is 79.0 Å². The van der Waals surface area contributed by atoms with Crippen molar-refractivity contribution in [2.45, 2.75) is 52.4 Å². The largest absolute Gasteiger partial charge is 0.326 e. The Morgan fingerprint density at radius 2 is 1.48 bits per heavy atom. The molecule has 0 bridgehead atoms. The zero-order chi connectivity index (χ0) is 22.1. The Morgan fingerprint density at radius 3 is 2.16 bits per heavy atom. The first kappa shape index (κ1) is 23.7. The van der Waals surface area contributed by atoms with Crippen molar-refractivity contribution in [2.75, 3.05) is 58.3 Å². The van der Waals surface area contributed by atoms with Gasteiger partial charge in [-0.15, -0.1) is 0 Å². The van der Waals surface area contributed by atoms with Gasteiger partial charge in [-0.25, -0.2) is 0 Å². The maximum atomic E-state index is 5.18. The fourth-order valence-electron chi connectivity index (χ4n) is 4.51. The molecule has 3 rings (SSSR count). The summed E-state index contributed by atoms with van der Waals surface area (Å²) < 4.78 is 0. The second-order valence-corrected chi connectivity index (χ2v) is 9.10. The van der Waals surface area contributed by atoms with Crippen molar-refractivity contribution < 1.29 is 0 Å². The summed E-state index contributed by atoms with van der Waals surface area (Å²) >= 11 is 0. The molecular weight excluding hydrogens is 380 g/mol. The van der Waals surface area contributed by atoms with Gasteiger partial charge >= 0.3 is 0 Å². The van der Waals surface area contributed by atoms with Gasteiger partial charge in [0.2, 0.25) is 0 Å². The predicted octanol–water partition coefficient (Wildman–Crippen LogP) is 5.65. The smallest absolute Gasteiger partial charge is 0.136 e. The third-order valence-electron chi connectivity index (χ3n) is 6.21. The van der Waals surface area contributed by atoms with E-state index >= 15 is 0 Å². The summed E-state index contributed by atoms with van der Waals surface area (Å²) in [6.45, 7) is 11.2. The van der Waals surface area contributed by atoms with Gasteiger partial charge in [0.1, 0.15) is 5.84 Å². The summed E-state index contributed by atoms with van der Waals surface area (Å²) in [6, 6.07) is 13.3. The normalized spacial score (nSPS) is 14.6. The fraction of sp³-hybridized carbons (Fsp3) is 0.593. The van der Waals surface area contributed by atoms with Crippen LogP contribution in [-0.2, 0) is 0 Å². The zero-order valence-electron chi connectivity index (χ0n) is 20.2. The Labute approximate surface area is 189 Å². The predicted molar refractivity (Wildman–Crippen MR) is 137 cm³/mol. The van der Waals surface area contributed by atoms with Gasteiger partial charge in [-0.2, -0.15) is 0 Å². The average Bonchev–Trinajstić information content (AvgIpc) is 3.07. The van der Waals surface area contributed by atoms with Crippen molar-refractivity contribution in [3.05, 3.63) is 42.0 Å². The fourth-order valence-corrected chi connectivity index (χ4v) is 4.51. The first-order chi connectivity index (χ1) is 15.2. The summed E-state index contributed by atoms with van der Waals surface area (Å²) in [4.78, 5) is 12.6. The number of hydrogen-bond acceptors (Lipinski definition) is 3. The molecule has 0 unspecified atom stereocenters. The number of nitrogens with zero attached hydrogens (tertiary/aromatic N) is 4. The van der Waals surface area contributed by atoms with Crippen LogP contribution in [0.3, 0.4) is 0 Å². The Balaban J connectivity index is 1.71. The summed E-state index contributed by atoms with van der Waals surface area (Å²) in [7, 11) is 4.30. The maximum Gasteiger partial charge on any atom is 0.136 e. The Morgan fingerprint density at radius 1 is 0.806 bits per heavy atom. The molecule has 1 aliphatic rings. The zero-order valence-corrected chi connectivity index (χ0v) is 20.2. The van der Waals surface area contributed by atoms with E-state index in [1.54, 1.807) is 0 Å². The Kier molecular flexibility index (Phi) is 9.35. The topological polar surface area (TPSA) is 22.1 Å². The summed E-state index contributed by atoms with van der Waals surface area (Å²) in [5, 5.41) is 2.70. The van der Waals surface area contributed by atoms with Crippen LogP contribution in [0.5, 0.6) is 0 Å². The molecule has 0 saturated carbocycles. The van der Waals surface area contributed by atoms with E-state index < -0.39 is 0 Å². The number of anilines is 1. The highest BCUT2D eigenvalue weighted by molar-refractivity contribution is 6.27. The molecule has 0 aromatic heterocycles. The molecule has 0 N–H and O–H groups in total. The quantitative estimate of drug-likeness (QED) is 0.367. The highest BCUT2D eigenvalue weighted by atomic mass is 15.2. The minimum absolute atomic E-state index is 0.901. The van der Waals surface area contributed by atoms with E-state index in [-0.39, 0.29) is 0 Å². The van der Waals surface area contributed by atoms with Crippen molar-refractivity contribution in [1.29, 1.82) is 0 Å². The van der Waals surface area contributed by atoms with Crippen LogP contribution in [-0.4, -0.2) is 69.0 Å². The molecule has 0 atom stereocenters. The molecule has 0 radical (unpaired) electrons. The second-order valence-electron chi connectivity index (χ2n) is 9.10. The molecule has 31 heavy (non-hydrogen) atoms. The van der Waals surface area contributed by atoms with Gasteiger partial charge in [0, 0.05) is 24.0 Å². The van der Waals surface area contributed by atoms with E-state index in [1.165, 1.54) is 66.6 Å². The number of aliphatic imine (C=N–C) groups is 1. The lowest BCUT2D eigenvalue weighted by molar-refractivity contribution is 0.263. The van der Waals surface area contributed by atoms with Gasteiger partial charge in [0.15, 0.2) is 0 Å². The molecule has 4 heteroatoms. The van der Waals surface area contributed by atoms with E-state index in [9.17, 15) is 0 Å². The maximum absolute atomic E-state index is 5.18. The molecule has 2 aromatic carbocycles. The number of rotatable bonds is 14. The molecule has 170 valence electrons. The third kappa shape index (κ3) is 6.30. The van der Waals surface area contributed by atoms with Gasteiger partial charge in [-0.3, -0.25) is 4.99 Å². The molecule has 4 nitrogen and oxygen atoms in total. The number of unbranched alkanes of at least 4 members (excludes halogenated alkanes) is 2. The lowest BCUT2D eigenvalue weighted by atomic mass is 10.1. The number of benzene rings is 2. The molecule has 0 spiro atoms. The lowest BCUT2D eigenvalue weighted by Crippen LogP contribution is -2.31. The molecule has 0 amide bonds. The van der Waals surface area contributed by atoms with Crippen molar-refractivity contribution in [1.82, 2.24) is 9.80 Å². The van der Waals surface area contributed by atoms with Crippen LogP contribution >= 0.6 is 0 Å². The molecule has 1 aliphatic heterocycles. The average molecular weight is 423 g/mol.